The molecule has 0 aliphatic carbocycles. The van der Waals surface area contributed by atoms with E-state index in [-0.39, 0.29) is 0 Å². The fourth-order valence-corrected chi connectivity index (χ4v) is 2.09. The highest BCUT2D eigenvalue weighted by Gasteiger charge is 2.21. The topological polar surface area (TPSA) is 18.5 Å². The van der Waals surface area contributed by atoms with Gasteiger partial charge in [-0.25, -0.2) is 0 Å². The quantitative estimate of drug-likeness (QED) is 0.724. The Bertz CT molecular complexity index is 326. The van der Waals surface area contributed by atoms with Crippen molar-refractivity contribution < 1.29 is 9.47 Å². The van der Waals surface area contributed by atoms with Crippen molar-refractivity contribution in [2.24, 2.45) is 5.92 Å². The minimum atomic E-state index is 0.375. The van der Waals surface area contributed by atoms with Crippen molar-refractivity contribution in [3.63, 3.8) is 0 Å². The Kier molecular flexibility index (Phi) is 4.63. The van der Waals surface area contributed by atoms with Crippen molar-refractivity contribution in [3.8, 4) is 5.75 Å². The number of rotatable bonds is 5. The van der Waals surface area contributed by atoms with E-state index < -0.39 is 0 Å². The molecule has 1 aromatic carbocycles. The van der Waals surface area contributed by atoms with E-state index >= 15 is 0 Å². The summed E-state index contributed by atoms with van der Waals surface area (Å²) in [5.41, 5.74) is 0. The number of para-hydroxylation sites is 1. The summed E-state index contributed by atoms with van der Waals surface area (Å²) in [7, 11) is 0. The van der Waals surface area contributed by atoms with Crippen LogP contribution in [0.1, 0.15) is 19.3 Å². The average Bonchev–Trinajstić information content (AvgIpc) is 2.40. The average molecular weight is 232 g/mol. The maximum Gasteiger partial charge on any atom is 0.119 e. The monoisotopic (exact) mass is 232 g/mol. The Morgan fingerprint density at radius 2 is 2.12 bits per heavy atom. The van der Waals surface area contributed by atoms with Crippen LogP contribution in [-0.2, 0) is 4.74 Å². The highest BCUT2D eigenvalue weighted by Crippen LogP contribution is 2.22. The molecular formula is C15H20O2. The molecule has 92 valence electrons. The maximum absolute atomic E-state index is 5.77. The van der Waals surface area contributed by atoms with Gasteiger partial charge >= 0.3 is 0 Å². The Hall–Kier alpha value is -1.28. The lowest BCUT2D eigenvalue weighted by Crippen LogP contribution is -2.29. The van der Waals surface area contributed by atoms with Gasteiger partial charge in [-0.2, -0.15) is 0 Å². The largest absolute Gasteiger partial charge is 0.493 e. The second-order valence-electron chi connectivity index (χ2n) is 4.55. The fraction of sp³-hybridized carbons (Fsp3) is 0.467. The predicted molar refractivity (Wildman–Crippen MR) is 69.2 cm³/mol. The zero-order valence-corrected chi connectivity index (χ0v) is 10.2. The molecule has 1 aliphatic heterocycles. The molecular weight excluding hydrogens is 212 g/mol. The third-order valence-electron chi connectivity index (χ3n) is 3.12. The van der Waals surface area contributed by atoms with Crippen molar-refractivity contribution in [2.45, 2.75) is 25.4 Å². The molecule has 2 heteroatoms. The van der Waals surface area contributed by atoms with Gasteiger partial charge in [0.1, 0.15) is 5.75 Å². The van der Waals surface area contributed by atoms with E-state index in [0.717, 1.165) is 31.8 Å². The number of hydrogen-bond acceptors (Lipinski definition) is 2. The molecule has 0 amide bonds. The first kappa shape index (κ1) is 12.2. The van der Waals surface area contributed by atoms with Crippen molar-refractivity contribution in [3.05, 3.63) is 43.0 Å². The molecule has 1 saturated heterocycles. The van der Waals surface area contributed by atoms with Gasteiger partial charge in [-0.1, -0.05) is 24.3 Å². The molecule has 2 rings (SSSR count). The van der Waals surface area contributed by atoms with Crippen LogP contribution in [0.2, 0.25) is 0 Å². The van der Waals surface area contributed by atoms with Gasteiger partial charge in [0.2, 0.25) is 0 Å². The lowest BCUT2D eigenvalue weighted by atomic mass is 9.98. The summed E-state index contributed by atoms with van der Waals surface area (Å²) in [6.07, 6.45) is 5.58. The van der Waals surface area contributed by atoms with Crippen molar-refractivity contribution in [2.75, 3.05) is 13.2 Å². The lowest BCUT2D eigenvalue weighted by Gasteiger charge is -2.28. The molecule has 0 saturated carbocycles. The number of hydrogen-bond donors (Lipinski definition) is 0. The van der Waals surface area contributed by atoms with Crippen LogP contribution in [0.15, 0.2) is 43.0 Å². The van der Waals surface area contributed by atoms with Crippen LogP contribution in [0, 0.1) is 5.92 Å². The van der Waals surface area contributed by atoms with E-state index in [1.807, 2.05) is 36.4 Å². The molecule has 0 aromatic heterocycles. The second kappa shape index (κ2) is 6.45. The first-order valence-corrected chi connectivity index (χ1v) is 6.29. The molecule has 0 N–H and O–H groups in total. The third kappa shape index (κ3) is 3.90. The van der Waals surface area contributed by atoms with Crippen LogP contribution >= 0.6 is 0 Å². The summed E-state index contributed by atoms with van der Waals surface area (Å²) in [5.74, 6) is 1.47. The minimum Gasteiger partial charge on any atom is -0.493 e. The summed E-state index contributed by atoms with van der Waals surface area (Å²) >= 11 is 0. The molecule has 1 fully saturated rings. The summed E-state index contributed by atoms with van der Waals surface area (Å²) in [5, 5.41) is 0. The zero-order valence-electron chi connectivity index (χ0n) is 10.2. The van der Waals surface area contributed by atoms with E-state index in [4.69, 9.17) is 9.47 Å². The zero-order chi connectivity index (χ0) is 11.9. The first-order valence-electron chi connectivity index (χ1n) is 6.29. The van der Waals surface area contributed by atoms with E-state index in [9.17, 15) is 0 Å². The predicted octanol–water partition coefficient (Wildman–Crippen LogP) is 3.44. The van der Waals surface area contributed by atoms with Crippen LogP contribution < -0.4 is 4.74 Å². The molecule has 0 bridgehead atoms. The summed E-state index contributed by atoms with van der Waals surface area (Å²) in [6.45, 7) is 5.31. The van der Waals surface area contributed by atoms with Crippen molar-refractivity contribution >= 4 is 0 Å². The third-order valence-corrected chi connectivity index (χ3v) is 3.12. The van der Waals surface area contributed by atoms with Gasteiger partial charge in [-0.05, 0) is 31.4 Å². The van der Waals surface area contributed by atoms with Gasteiger partial charge < -0.3 is 9.47 Å². The van der Waals surface area contributed by atoms with Gasteiger partial charge in [0.15, 0.2) is 0 Å². The summed E-state index contributed by atoms with van der Waals surface area (Å²) < 4.78 is 11.5. The highest BCUT2D eigenvalue weighted by atomic mass is 16.5. The molecule has 0 spiro atoms. The van der Waals surface area contributed by atoms with Crippen LogP contribution in [0.5, 0.6) is 5.75 Å². The van der Waals surface area contributed by atoms with Gasteiger partial charge in [-0.15, -0.1) is 6.58 Å². The van der Waals surface area contributed by atoms with Crippen LogP contribution in [0.3, 0.4) is 0 Å². The van der Waals surface area contributed by atoms with Crippen molar-refractivity contribution in [1.82, 2.24) is 0 Å². The molecule has 1 aliphatic rings. The Labute approximate surface area is 103 Å². The van der Waals surface area contributed by atoms with Crippen molar-refractivity contribution in [1.29, 1.82) is 0 Å². The number of benzene rings is 1. The molecule has 2 nitrogen and oxygen atoms in total. The van der Waals surface area contributed by atoms with Gasteiger partial charge in [-0.3, -0.25) is 0 Å². The Morgan fingerprint density at radius 1 is 1.29 bits per heavy atom. The molecule has 0 unspecified atom stereocenters. The molecule has 1 heterocycles. The first-order chi connectivity index (χ1) is 8.38. The SMILES string of the molecule is C=CC[C@H]1CC[C@@H](COc2ccccc2)CO1. The van der Waals surface area contributed by atoms with E-state index in [2.05, 4.69) is 6.58 Å². The Morgan fingerprint density at radius 3 is 2.76 bits per heavy atom. The van der Waals surface area contributed by atoms with E-state index in [1.54, 1.807) is 0 Å². The second-order valence-corrected chi connectivity index (χ2v) is 4.55. The van der Waals surface area contributed by atoms with Crippen LogP contribution in [-0.4, -0.2) is 19.3 Å². The van der Waals surface area contributed by atoms with Gasteiger partial charge in [0, 0.05) is 5.92 Å². The molecule has 2 atom stereocenters. The maximum atomic E-state index is 5.77. The highest BCUT2D eigenvalue weighted by molar-refractivity contribution is 5.20. The Balaban J connectivity index is 1.70. The molecule has 17 heavy (non-hydrogen) atoms. The van der Waals surface area contributed by atoms with E-state index in [0.29, 0.717) is 12.0 Å². The van der Waals surface area contributed by atoms with Crippen LogP contribution in [0.4, 0.5) is 0 Å². The molecule has 1 aromatic rings. The summed E-state index contributed by atoms with van der Waals surface area (Å²) in [6, 6.07) is 9.96. The lowest BCUT2D eigenvalue weighted by molar-refractivity contribution is -0.0249. The standard InChI is InChI=1S/C15H20O2/c1-2-6-14-10-9-13(11-16-14)12-17-15-7-4-3-5-8-15/h2-5,7-8,13-14H,1,6,9-12H2/t13-,14+/m1/s1. The van der Waals surface area contributed by atoms with Gasteiger partial charge in [0.05, 0.1) is 19.3 Å². The fourth-order valence-electron chi connectivity index (χ4n) is 2.09. The van der Waals surface area contributed by atoms with Gasteiger partial charge in [0.25, 0.3) is 0 Å². The normalized spacial score (nSPS) is 24.2. The smallest absolute Gasteiger partial charge is 0.119 e. The summed E-state index contributed by atoms with van der Waals surface area (Å²) in [4.78, 5) is 0. The van der Waals surface area contributed by atoms with E-state index in [1.165, 1.54) is 6.42 Å². The number of ether oxygens (including phenoxy) is 2. The minimum absolute atomic E-state index is 0.375. The van der Waals surface area contributed by atoms with Crippen LogP contribution in [0.25, 0.3) is 0 Å². The molecule has 0 radical (unpaired) electrons.